The molecule has 3 aromatic rings. The molecule has 1 atom stereocenters. The van der Waals surface area contributed by atoms with Gasteiger partial charge < -0.3 is 14.8 Å². The zero-order valence-corrected chi connectivity index (χ0v) is 17.1. The van der Waals surface area contributed by atoms with Crippen LogP contribution in [-0.2, 0) is 11.2 Å². The molecule has 5 nitrogen and oxygen atoms in total. The lowest BCUT2D eigenvalue weighted by molar-refractivity contribution is -0.123. The van der Waals surface area contributed by atoms with Crippen LogP contribution in [0.25, 0.3) is 10.4 Å². The van der Waals surface area contributed by atoms with Crippen molar-refractivity contribution in [2.45, 2.75) is 19.4 Å². The lowest BCUT2D eigenvalue weighted by Gasteiger charge is -2.13. The third kappa shape index (κ3) is 4.52. The molecule has 2 heterocycles. The Morgan fingerprint density at radius 2 is 2.00 bits per heavy atom. The summed E-state index contributed by atoms with van der Waals surface area (Å²) in [5.74, 6) is 0.588. The molecule has 0 saturated heterocycles. The summed E-state index contributed by atoms with van der Waals surface area (Å²) >= 11 is 1.31. The van der Waals surface area contributed by atoms with Crippen molar-refractivity contribution in [2.24, 2.45) is 0 Å². The van der Waals surface area contributed by atoms with Crippen LogP contribution in [0.15, 0.2) is 54.6 Å². The lowest BCUT2D eigenvalue weighted by atomic mass is 10.0. The number of benzene rings is 2. The van der Waals surface area contributed by atoms with E-state index in [0.29, 0.717) is 28.4 Å². The standard InChI is InChI=1S/C23H20FNO4S/c1-14(26)20-7-8-21(30-20)19-11-16(24)9-15-10-18(29-23(15)19)12-25-22(27)13-28-17-5-3-2-4-6-17/h2-9,11,18H,10,12-13H2,1H3,(H,25,27)/t18-/m1/s1. The van der Waals surface area contributed by atoms with Crippen LogP contribution >= 0.6 is 11.3 Å². The molecule has 0 radical (unpaired) electrons. The van der Waals surface area contributed by atoms with Gasteiger partial charge in [-0.25, -0.2) is 4.39 Å². The molecule has 1 amide bonds. The summed E-state index contributed by atoms with van der Waals surface area (Å²) in [7, 11) is 0. The smallest absolute Gasteiger partial charge is 0.258 e. The van der Waals surface area contributed by atoms with Gasteiger partial charge in [0.25, 0.3) is 5.91 Å². The summed E-state index contributed by atoms with van der Waals surface area (Å²) in [6, 6.07) is 15.5. The molecule has 4 rings (SSSR count). The number of halogens is 1. The van der Waals surface area contributed by atoms with Gasteiger partial charge in [-0.2, -0.15) is 0 Å². The number of para-hydroxylation sites is 1. The molecule has 30 heavy (non-hydrogen) atoms. The van der Waals surface area contributed by atoms with Gasteiger partial charge in [-0.15, -0.1) is 11.3 Å². The predicted molar refractivity (Wildman–Crippen MR) is 113 cm³/mol. The number of ketones is 1. The molecular weight excluding hydrogens is 405 g/mol. The Labute approximate surface area is 177 Å². The molecule has 1 N–H and O–H groups in total. The van der Waals surface area contributed by atoms with Gasteiger partial charge in [0, 0.05) is 22.4 Å². The lowest BCUT2D eigenvalue weighted by Crippen LogP contribution is -2.37. The van der Waals surface area contributed by atoms with Crippen molar-refractivity contribution in [3.63, 3.8) is 0 Å². The number of hydrogen-bond acceptors (Lipinski definition) is 5. The maximum atomic E-state index is 14.2. The second kappa shape index (κ2) is 8.67. The van der Waals surface area contributed by atoms with Gasteiger partial charge in [-0.1, -0.05) is 18.2 Å². The topological polar surface area (TPSA) is 64.6 Å². The van der Waals surface area contributed by atoms with Crippen molar-refractivity contribution in [1.82, 2.24) is 5.32 Å². The number of fused-ring (bicyclic) bond motifs is 1. The van der Waals surface area contributed by atoms with Crippen LogP contribution in [0.4, 0.5) is 4.39 Å². The van der Waals surface area contributed by atoms with Crippen molar-refractivity contribution < 1.29 is 23.5 Å². The first-order chi connectivity index (χ1) is 14.5. The van der Waals surface area contributed by atoms with E-state index < -0.39 is 0 Å². The van der Waals surface area contributed by atoms with E-state index in [9.17, 15) is 14.0 Å². The average Bonchev–Trinajstić information content (AvgIpc) is 3.38. The van der Waals surface area contributed by atoms with Crippen LogP contribution in [0, 0.1) is 5.82 Å². The van der Waals surface area contributed by atoms with Crippen LogP contribution in [0.1, 0.15) is 22.2 Å². The number of thiophene rings is 1. The van der Waals surface area contributed by atoms with E-state index in [1.807, 2.05) is 18.2 Å². The molecule has 1 aliphatic heterocycles. The Morgan fingerprint density at radius 1 is 1.20 bits per heavy atom. The quantitative estimate of drug-likeness (QED) is 0.575. The predicted octanol–water partition coefficient (Wildman–Crippen LogP) is 4.26. The van der Waals surface area contributed by atoms with E-state index in [2.05, 4.69) is 5.32 Å². The molecule has 7 heteroatoms. The van der Waals surface area contributed by atoms with E-state index in [4.69, 9.17) is 9.47 Å². The zero-order valence-electron chi connectivity index (χ0n) is 16.3. The number of carbonyl (C=O) groups excluding carboxylic acids is 2. The molecule has 154 valence electrons. The third-order valence-electron chi connectivity index (χ3n) is 4.72. The normalized spacial score (nSPS) is 14.7. The number of nitrogens with one attached hydrogen (secondary N) is 1. The van der Waals surface area contributed by atoms with Crippen molar-refractivity contribution in [2.75, 3.05) is 13.2 Å². The summed E-state index contributed by atoms with van der Waals surface area (Å²) in [5, 5.41) is 2.80. The molecule has 0 spiro atoms. The molecule has 1 aromatic heterocycles. The Bertz CT molecular complexity index is 1080. The summed E-state index contributed by atoms with van der Waals surface area (Å²) in [5.41, 5.74) is 1.38. The second-order valence-electron chi connectivity index (χ2n) is 7.01. The van der Waals surface area contributed by atoms with Crippen LogP contribution in [0.3, 0.4) is 0 Å². The molecule has 2 aromatic carbocycles. The summed E-state index contributed by atoms with van der Waals surface area (Å²) in [6.45, 7) is 1.70. The molecule has 0 fully saturated rings. The first-order valence-electron chi connectivity index (χ1n) is 9.54. The number of hydrogen-bond donors (Lipinski definition) is 1. The number of amides is 1. The van der Waals surface area contributed by atoms with Gasteiger partial charge in [-0.3, -0.25) is 9.59 Å². The Morgan fingerprint density at radius 3 is 2.73 bits per heavy atom. The first kappa shape index (κ1) is 20.1. The van der Waals surface area contributed by atoms with E-state index >= 15 is 0 Å². The molecule has 0 saturated carbocycles. The first-order valence-corrected chi connectivity index (χ1v) is 10.4. The number of carbonyl (C=O) groups is 2. The molecule has 0 unspecified atom stereocenters. The summed E-state index contributed by atoms with van der Waals surface area (Å²) in [6.07, 6.45) is 0.193. The number of ether oxygens (including phenoxy) is 2. The van der Waals surface area contributed by atoms with Crippen molar-refractivity contribution in [3.05, 3.63) is 70.9 Å². The van der Waals surface area contributed by atoms with Gasteiger partial charge in [0.05, 0.1) is 11.4 Å². The average molecular weight is 425 g/mol. The Balaban J connectivity index is 1.39. The minimum atomic E-state index is -0.355. The summed E-state index contributed by atoms with van der Waals surface area (Å²) in [4.78, 5) is 25.1. The minimum Gasteiger partial charge on any atom is -0.487 e. The third-order valence-corrected chi connectivity index (χ3v) is 5.94. The highest BCUT2D eigenvalue weighted by Crippen LogP contribution is 2.42. The van der Waals surface area contributed by atoms with Crippen molar-refractivity contribution >= 4 is 23.0 Å². The van der Waals surface area contributed by atoms with E-state index in [1.54, 1.807) is 24.3 Å². The van der Waals surface area contributed by atoms with Crippen LogP contribution < -0.4 is 14.8 Å². The fraction of sp³-hybridized carbons (Fsp3) is 0.217. The molecule has 0 bridgehead atoms. The van der Waals surface area contributed by atoms with Gasteiger partial charge in [0.1, 0.15) is 23.4 Å². The maximum Gasteiger partial charge on any atom is 0.258 e. The maximum absolute atomic E-state index is 14.2. The van der Waals surface area contributed by atoms with E-state index in [0.717, 1.165) is 10.4 Å². The molecule has 0 aliphatic carbocycles. The molecule has 1 aliphatic rings. The van der Waals surface area contributed by atoms with Crippen LogP contribution in [-0.4, -0.2) is 30.9 Å². The minimum absolute atomic E-state index is 0.0291. The second-order valence-corrected chi connectivity index (χ2v) is 8.10. The Kier molecular flexibility index (Phi) is 5.81. The Hall–Kier alpha value is -3.19. The van der Waals surface area contributed by atoms with E-state index in [-0.39, 0.29) is 36.8 Å². The number of rotatable bonds is 7. The van der Waals surface area contributed by atoms with Crippen molar-refractivity contribution in [1.29, 1.82) is 0 Å². The van der Waals surface area contributed by atoms with Gasteiger partial charge in [-0.05, 0) is 43.3 Å². The largest absolute Gasteiger partial charge is 0.487 e. The zero-order chi connectivity index (χ0) is 21.1. The van der Waals surface area contributed by atoms with Gasteiger partial charge in [0.15, 0.2) is 12.4 Å². The van der Waals surface area contributed by atoms with Crippen LogP contribution in [0.5, 0.6) is 11.5 Å². The van der Waals surface area contributed by atoms with Gasteiger partial charge in [0.2, 0.25) is 0 Å². The number of Topliss-reactive ketones (excluding diaryl/α,β-unsaturated/α-hetero) is 1. The van der Waals surface area contributed by atoms with E-state index in [1.165, 1.54) is 30.4 Å². The highest BCUT2D eigenvalue weighted by Gasteiger charge is 2.28. The monoisotopic (exact) mass is 425 g/mol. The molecular formula is C23H20FNO4S. The van der Waals surface area contributed by atoms with Crippen molar-refractivity contribution in [3.8, 4) is 21.9 Å². The fourth-order valence-corrected chi connectivity index (χ4v) is 4.22. The fourth-order valence-electron chi connectivity index (χ4n) is 3.31. The SMILES string of the molecule is CC(=O)c1ccc(-c2cc(F)cc3c2O[C@@H](CNC(=O)COc2ccccc2)C3)s1. The van der Waals surface area contributed by atoms with Gasteiger partial charge >= 0.3 is 0 Å². The highest BCUT2D eigenvalue weighted by molar-refractivity contribution is 7.17. The summed E-state index contributed by atoms with van der Waals surface area (Å²) < 4.78 is 25.6. The highest BCUT2D eigenvalue weighted by atomic mass is 32.1. The van der Waals surface area contributed by atoms with Crippen LogP contribution in [0.2, 0.25) is 0 Å².